The van der Waals surface area contributed by atoms with Crippen LogP contribution in [0.25, 0.3) is 0 Å². The Morgan fingerprint density at radius 2 is 2.12 bits per heavy atom. The van der Waals surface area contributed by atoms with Crippen LogP contribution < -0.4 is 5.32 Å². The van der Waals surface area contributed by atoms with Gasteiger partial charge in [-0.1, -0.05) is 17.7 Å². The molecular weight excluding hydrogens is 205 g/mol. The highest BCUT2D eigenvalue weighted by Gasteiger charge is 2.16. The molecule has 0 aliphatic rings. The van der Waals surface area contributed by atoms with Crippen molar-refractivity contribution in [2.24, 2.45) is 0 Å². The predicted molar refractivity (Wildman–Crippen MR) is 64.0 cm³/mol. The van der Waals surface area contributed by atoms with E-state index in [1.54, 1.807) is 13.2 Å². The summed E-state index contributed by atoms with van der Waals surface area (Å²) in [5.41, 5.74) is 1.79. The van der Waals surface area contributed by atoms with E-state index < -0.39 is 0 Å². The van der Waals surface area contributed by atoms with Gasteiger partial charge in [0, 0.05) is 18.7 Å². The Morgan fingerprint density at radius 1 is 1.44 bits per heavy atom. The van der Waals surface area contributed by atoms with E-state index in [9.17, 15) is 4.39 Å². The van der Waals surface area contributed by atoms with Crippen molar-refractivity contribution in [2.45, 2.75) is 32.4 Å². The largest absolute Gasteiger partial charge is 0.382 e. The molecular formula is C13H20FNO. The number of ether oxygens (including phenoxy) is 1. The van der Waals surface area contributed by atoms with Gasteiger partial charge in [0.05, 0.1) is 6.10 Å². The Bertz CT molecular complexity index is 341. The van der Waals surface area contributed by atoms with Crippen LogP contribution in [0.15, 0.2) is 18.2 Å². The van der Waals surface area contributed by atoms with Gasteiger partial charge in [-0.25, -0.2) is 4.39 Å². The third-order valence-corrected chi connectivity index (χ3v) is 2.85. The average Bonchev–Trinajstić information content (AvgIpc) is 2.29. The highest BCUT2D eigenvalue weighted by molar-refractivity contribution is 5.26. The van der Waals surface area contributed by atoms with Crippen molar-refractivity contribution in [3.8, 4) is 0 Å². The van der Waals surface area contributed by atoms with Gasteiger partial charge >= 0.3 is 0 Å². The van der Waals surface area contributed by atoms with Crippen LogP contribution in [0.5, 0.6) is 0 Å². The minimum absolute atomic E-state index is 0.00477. The first-order chi connectivity index (χ1) is 7.58. The molecule has 1 aromatic rings. The van der Waals surface area contributed by atoms with Crippen molar-refractivity contribution in [1.82, 2.24) is 5.32 Å². The molecule has 1 aromatic carbocycles. The number of rotatable bonds is 5. The lowest BCUT2D eigenvalue weighted by Gasteiger charge is -2.21. The van der Waals surface area contributed by atoms with Gasteiger partial charge < -0.3 is 10.1 Å². The van der Waals surface area contributed by atoms with Crippen molar-refractivity contribution in [1.29, 1.82) is 0 Å². The van der Waals surface area contributed by atoms with Crippen molar-refractivity contribution >= 4 is 0 Å². The van der Waals surface area contributed by atoms with Crippen LogP contribution in [0.4, 0.5) is 4.39 Å². The summed E-state index contributed by atoms with van der Waals surface area (Å²) in [6.07, 6.45) is 0.866. The van der Waals surface area contributed by atoms with Crippen LogP contribution >= 0.6 is 0 Å². The van der Waals surface area contributed by atoms with Gasteiger partial charge in [-0.05, 0) is 33.4 Å². The van der Waals surface area contributed by atoms with Gasteiger partial charge in [-0.3, -0.25) is 0 Å². The van der Waals surface area contributed by atoms with E-state index in [1.165, 1.54) is 6.07 Å². The highest BCUT2D eigenvalue weighted by atomic mass is 19.1. The molecule has 0 fully saturated rings. The van der Waals surface area contributed by atoms with E-state index in [0.717, 1.165) is 12.0 Å². The van der Waals surface area contributed by atoms with E-state index in [2.05, 4.69) is 5.32 Å². The Morgan fingerprint density at radius 3 is 2.69 bits per heavy atom. The molecule has 90 valence electrons. The molecule has 0 radical (unpaired) electrons. The highest BCUT2D eigenvalue weighted by Crippen LogP contribution is 2.23. The minimum atomic E-state index is -0.159. The van der Waals surface area contributed by atoms with Crippen molar-refractivity contribution in [2.75, 3.05) is 14.2 Å². The summed E-state index contributed by atoms with van der Waals surface area (Å²) in [6.45, 7) is 3.95. The maximum atomic E-state index is 13.7. The fraction of sp³-hybridized carbons (Fsp3) is 0.538. The molecule has 0 spiro atoms. The average molecular weight is 225 g/mol. The maximum absolute atomic E-state index is 13.7. The van der Waals surface area contributed by atoms with Gasteiger partial charge in [0.1, 0.15) is 5.82 Å². The first kappa shape index (κ1) is 13.1. The number of benzene rings is 1. The lowest BCUT2D eigenvalue weighted by atomic mass is 9.99. The number of hydrogen-bond donors (Lipinski definition) is 1. The minimum Gasteiger partial charge on any atom is -0.382 e. The SMILES string of the molecule is CNC(CC(C)OC)c1cc(C)ccc1F. The molecule has 0 amide bonds. The van der Waals surface area contributed by atoms with Crippen molar-refractivity contribution < 1.29 is 9.13 Å². The molecule has 0 aromatic heterocycles. The number of aryl methyl sites for hydroxylation is 1. The zero-order valence-electron chi connectivity index (χ0n) is 10.4. The number of hydrogen-bond acceptors (Lipinski definition) is 2. The number of nitrogens with one attached hydrogen (secondary N) is 1. The van der Waals surface area contributed by atoms with Crippen LogP contribution in [0.2, 0.25) is 0 Å². The Labute approximate surface area is 96.8 Å². The summed E-state index contributed by atoms with van der Waals surface area (Å²) in [5.74, 6) is -0.159. The summed E-state index contributed by atoms with van der Waals surface area (Å²) >= 11 is 0. The first-order valence-corrected chi connectivity index (χ1v) is 5.54. The van der Waals surface area contributed by atoms with Gasteiger partial charge in [0.25, 0.3) is 0 Å². The smallest absolute Gasteiger partial charge is 0.127 e. The third kappa shape index (κ3) is 3.29. The normalized spacial score (nSPS) is 14.8. The summed E-state index contributed by atoms with van der Waals surface area (Å²) in [7, 11) is 3.51. The van der Waals surface area contributed by atoms with Crippen molar-refractivity contribution in [3.05, 3.63) is 35.1 Å². The molecule has 1 N–H and O–H groups in total. The van der Waals surface area contributed by atoms with E-state index in [0.29, 0.717) is 5.56 Å². The molecule has 0 aliphatic carbocycles. The molecule has 2 nitrogen and oxygen atoms in total. The summed E-state index contributed by atoms with van der Waals surface area (Å²) in [6, 6.07) is 5.19. The molecule has 3 heteroatoms. The molecule has 0 bridgehead atoms. The molecule has 2 unspecified atom stereocenters. The molecule has 16 heavy (non-hydrogen) atoms. The first-order valence-electron chi connectivity index (χ1n) is 5.54. The van der Waals surface area contributed by atoms with Gasteiger partial charge in [-0.2, -0.15) is 0 Å². The monoisotopic (exact) mass is 225 g/mol. The lowest BCUT2D eigenvalue weighted by Crippen LogP contribution is -2.23. The second-order valence-electron chi connectivity index (χ2n) is 4.15. The van der Waals surface area contributed by atoms with E-state index in [1.807, 2.05) is 27.0 Å². The molecule has 2 atom stereocenters. The topological polar surface area (TPSA) is 21.3 Å². The van der Waals surface area contributed by atoms with Crippen LogP contribution in [-0.2, 0) is 4.74 Å². The van der Waals surface area contributed by atoms with Crippen LogP contribution in [0, 0.1) is 12.7 Å². The fourth-order valence-electron chi connectivity index (χ4n) is 1.76. The van der Waals surface area contributed by atoms with Crippen LogP contribution in [-0.4, -0.2) is 20.3 Å². The Kier molecular flexibility index (Phi) is 4.90. The van der Waals surface area contributed by atoms with E-state index in [4.69, 9.17) is 4.74 Å². The number of methoxy groups -OCH3 is 1. The standard InChI is InChI=1S/C13H20FNO/c1-9-5-6-12(14)11(7-9)13(15-3)8-10(2)16-4/h5-7,10,13,15H,8H2,1-4H3. The van der Waals surface area contributed by atoms with Crippen LogP contribution in [0.1, 0.15) is 30.5 Å². The second-order valence-corrected chi connectivity index (χ2v) is 4.15. The summed E-state index contributed by atoms with van der Waals surface area (Å²) in [5, 5.41) is 3.13. The molecule has 0 aliphatic heterocycles. The van der Waals surface area contributed by atoms with Gasteiger partial charge in [-0.15, -0.1) is 0 Å². The second kappa shape index (κ2) is 5.97. The summed E-state index contributed by atoms with van der Waals surface area (Å²) < 4.78 is 18.9. The van der Waals surface area contributed by atoms with Crippen LogP contribution in [0.3, 0.4) is 0 Å². The zero-order valence-corrected chi connectivity index (χ0v) is 10.4. The van der Waals surface area contributed by atoms with Gasteiger partial charge in [0.2, 0.25) is 0 Å². The van der Waals surface area contributed by atoms with E-state index in [-0.39, 0.29) is 18.0 Å². The third-order valence-electron chi connectivity index (χ3n) is 2.85. The summed E-state index contributed by atoms with van der Waals surface area (Å²) in [4.78, 5) is 0. The van der Waals surface area contributed by atoms with Gasteiger partial charge in [0.15, 0.2) is 0 Å². The zero-order chi connectivity index (χ0) is 12.1. The van der Waals surface area contributed by atoms with Crippen molar-refractivity contribution in [3.63, 3.8) is 0 Å². The fourth-order valence-corrected chi connectivity index (χ4v) is 1.76. The Hall–Kier alpha value is -0.930. The maximum Gasteiger partial charge on any atom is 0.127 e. The molecule has 1 rings (SSSR count). The lowest BCUT2D eigenvalue weighted by molar-refractivity contribution is 0.101. The molecule has 0 saturated carbocycles. The number of halogens is 1. The molecule has 0 heterocycles. The quantitative estimate of drug-likeness (QED) is 0.832. The molecule has 0 saturated heterocycles. The predicted octanol–water partition coefficient (Wildman–Crippen LogP) is 2.82. The van der Waals surface area contributed by atoms with E-state index >= 15 is 0 Å². The Balaban J connectivity index is 2.89.